The minimum absolute atomic E-state index is 0.0357. The van der Waals surface area contributed by atoms with Crippen LogP contribution in [0.5, 0.6) is 0 Å². The van der Waals surface area contributed by atoms with Crippen LogP contribution in [0.3, 0.4) is 0 Å². The van der Waals surface area contributed by atoms with Crippen LogP contribution in [0.15, 0.2) is 12.3 Å². The van der Waals surface area contributed by atoms with Crippen molar-refractivity contribution < 1.29 is 14.3 Å². The number of nitrogens with zero attached hydrogens (tertiary/aromatic N) is 1. The Bertz CT molecular complexity index is 397. The summed E-state index contributed by atoms with van der Waals surface area (Å²) in [5.74, 6) is 0.269. The summed E-state index contributed by atoms with van der Waals surface area (Å²) in [7, 11) is 3.35. The van der Waals surface area contributed by atoms with E-state index in [1.165, 1.54) is 0 Å². The molecule has 1 aromatic heterocycles. The van der Waals surface area contributed by atoms with Crippen LogP contribution in [-0.2, 0) is 22.4 Å². The predicted molar refractivity (Wildman–Crippen MR) is 64.4 cm³/mol. The van der Waals surface area contributed by atoms with Gasteiger partial charge in [0.25, 0.3) is 0 Å². The SMILES string of the molecule is COCC(Cn1ccc2c1CCCC2=O)OC. The Hall–Kier alpha value is -1.13. The fourth-order valence-electron chi connectivity index (χ4n) is 2.36. The van der Waals surface area contributed by atoms with E-state index in [4.69, 9.17) is 9.47 Å². The van der Waals surface area contributed by atoms with Crippen LogP contribution in [0.25, 0.3) is 0 Å². The number of ether oxygens (including phenoxy) is 2. The van der Waals surface area contributed by atoms with E-state index >= 15 is 0 Å². The van der Waals surface area contributed by atoms with E-state index in [1.807, 2.05) is 12.3 Å². The van der Waals surface area contributed by atoms with Crippen molar-refractivity contribution in [2.75, 3.05) is 20.8 Å². The summed E-state index contributed by atoms with van der Waals surface area (Å²) in [5, 5.41) is 0. The van der Waals surface area contributed by atoms with Gasteiger partial charge in [-0.15, -0.1) is 0 Å². The van der Waals surface area contributed by atoms with E-state index < -0.39 is 0 Å². The fraction of sp³-hybridized carbons (Fsp3) is 0.615. The van der Waals surface area contributed by atoms with Crippen molar-refractivity contribution in [2.45, 2.75) is 31.9 Å². The molecule has 1 aromatic rings. The molecule has 0 saturated carbocycles. The Morgan fingerprint density at radius 2 is 2.24 bits per heavy atom. The fourth-order valence-corrected chi connectivity index (χ4v) is 2.36. The lowest BCUT2D eigenvalue weighted by atomic mass is 9.97. The second-order valence-electron chi connectivity index (χ2n) is 4.42. The molecule has 0 saturated heterocycles. The van der Waals surface area contributed by atoms with Crippen LogP contribution < -0.4 is 0 Å². The third-order valence-electron chi connectivity index (χ3n) is 3.28. The van der Waals surface area contributed by atoms with Gasteiger partial charge in [-0.2, -0.15) is 0 Å². The Labute approximate surface area is 102 Å². The van der Waals surface area contributed by atoms with Crippen LogP contribution in [0, 0.1) is 0 Å². The zero-order valence-electron chi connectivity index (χ0n) is 10.4. The Morgan fingerprint density at radius 1 is 1.41 bits per heavy atom. The van der Waals surface area contributed by atoms with Crippen LogP contribution in [0.2, 0.25) is 0 Å². The first-order valence-electron chi connectivity index (χ1n) is 5.99. The minimum Gasteiger partial charge on any atom is -0.382 e. The average molecular weight is 237 g/mol. The Balaban J connectivity index is 2.14. The molecule has 2 rings (SSSR count). The normalized spacial score (nSPS) is 16.9. The quantitative estimate of drug-likeness (QED) is 0.782. The summed E-state index contributed by atoms with van der Waals surface area (Å²) in [6, 6.07) is 1.93. The zero-order chi connectivity index (χ0) is 12.3. The number of rotatable bonds is 5. The third-order valence-corrected chi connectivity index (χ3v) is 3.28. The number of carbonyl (C=O) groups is 1. The Morgan fingerprint density at radius 3 is 2.94 bits per heavy atom. The molecule has 94 valence electrons. The van der Waals surface area contributed by atoms with Gasteiger partial charge in [0.15, 0.2) is 5.78 Å². The van der Waals surface area contributed by atoms with Gasteiger partial charge >= 0.3 is 0 Å². The first kappa shape index (κ1) is 12.3. The van der Waals surface area contributed by atoms with Gasteiger partial charge in [-0.25, -0.2) is 0 Å². The van der Waals surface area contributed by atoms with Gasteiger partial charge in [0.05, 0.1) is 19.3 Å². The number of hydrogen-bond donors (Lipinski definition) is 0. The monoisotopic (exact) mass is 237 g/mol. The van der Waals surface area contributed by atoms with Crippen molar-refractivity contribution in [2.24, 2.45) is 0 Å². The standard InChI is InChI=1S/C13H19NO3/c1-16-9-10(17-2)8-14-7-6-11-12(14)4-3-5-13(11)15/h6-7,10H,3-5,8-9H2,1-2H3. The van der Waals surface area contributed by atoms with Gasteiger partial charge in [0, 0.05) is 38.1 Å². The lowest BCUT2D eigenvalue weighted by Gasteiger charge is -2.19. The van der Waals surface area contributed by atoms with E-state index in [-0.39, 0.29) is 11.9 Å². The largest absolute Gasteiger partial charge is 0.382 e. The molecule has 17 heavy (non-hydrogen) atoms. The van der Waals surface area contributed by atoms with Crippen molar-refractivity contribution in [3.05, 3.63) is 23.5 Å². The second kappa shape index (κ2) is 5.47. The molecule has 1 aliphatic rings. The first-order valence-corrected chi connectivity index (χ1v) is 5.99. The van der Waals surface area contributed by atoms with Crippen molar-refractivity contribution in [3.63, 3.8) is 0 Å². The summed E-state index contributed by atoms with van der Waals surface area (Å²) < 4.78 is 12.6. The lowest BCUT2D eigenvalue weighted by molar-refractivity contribution is 0.0179. The zero-order valence-corrected chi connectivity index (χ0v) is 10.4. The van der Waals surface area contributed by atoms with Crippen molar-refractivity contribution >= 4 is 5.78 Å². The maximum absolute atomic E-state index is 11.7. The van der Waals surface area contributed by atoms with Gasteiger partial charge in [-0.05, 0) is 18.9 Å². The molecule has 0 bridgehead atoms. The number of fused-ring (bicyclic) bond motifs is 1. The topological polar surface area (TPSA) is 40.5 Å². The number of hydrogen-bond acceptors (Lipinski definition) is 3. The summed E-state index contributed by atoms with van der Waals surface area (Å²) in [5.41, 5.74) is 2.04. The molecule has 0 spiro atoms. The molecule has 1 heterocycles. The molecule has 1 unspecified atom stereocenters. The van der Waals surface area contributed by atoms with Crippen LogP contribution >= 0.6 is 0 Å². The predicted octanol–water partition coefficient (Wildman–Crippen LogP) is 1.67. The van der Waals surface area contributed by atoms with E-state index in [9.17, 15) is 4.79 Å². The van der Waals surface area contributed by atoms with Crippen molar-refractivity contribution in [1.82, 2.24) is 4.57 Å². The average Bonchev–Trinajstić information content (AvgIpc) is 2.73. The van der Waals surface area contributed by atoms with Gasteiger partial charge in [-0.3, -0.25) is 4.79 Å². The highest BCUT2D eigenvalue weighted by atomic mass is 16.5. The number of ketones is 1. The molecule has 0 amide bonds. The molecular weight excluding hydrogens is 218 g/mol. The second-order valence-corrected chi connectivity index (χ2v) is 4.42. The molecule has 0 fully saturated rings. The number of methoxy groups -OCH3 is 2. The highest BCUT2D eigenvalue weighted by Gasteiger charge is 2.21. The van der Waals surface area contributed by atoms with Crippen molar-refractivity contribution in [3.8, 4) is 0 Å². The van der Waals surface area contributed by atoms with Gasteiger partial charge < -0.3 is 14.0 Å². The summed E-state index contributed by atoms with van der Waals surface area (Å²) in [6.45, 7) is 1.31. The molecule has 4 nitrogen and oxygen atoms in total. The van der Waals surface area contributed by atoms with E-state index in [1.54, 1.807) is 14.2 Å². The number of Topliss-reactive ketones (excluding diaryl/α,β-unsaturated/α-hetero) is 1. The molecule has 0 N–H and O–H groups in total. The van der Waals surface area contributed by atoms with Gasteiger partial charge in [-0.1, -0.05) is 0 Å². The van der Waals surface area contributed by atoms with E-state index in [2.05, 4.69) is 4.57 Å². The summed E-state index contributed by atoms with van der Waals surface area (Å²) >= 11 is 0. The summed E-state index contributed by atoms with van der Waals surface area (Å²) in [6.07, 6.45) is 4.64. The lowest BCUT2D eigenvalue weighted by Crippen LogP contribution is -2.25. The molecule has 4 heteroatoms. The maximum Gasteiger partial charge on any atom is 0.164 e. The first-order chi connectivity index (χ1) is 8.26. The number of carbonyl (C=O) groups excluding carboxylic acids is 1. The molecule has 1 atom stereocenters. The van der Waals surface area contributed by atoms with Crippen molar-refractivity contribution in [1.29, 1.82) is 0 Å². The molecule has 0 aliphatic heterocycles. The molecule has 0 radical (unpaired) electrons. The van der Waals surface area contributed by atoms with Gasteiger partial charge in [0.1, 0.15) is 0 Å². The third kappa shape index (κ3) is 2.58. The van der Waals surface area contributed by atoms with Crippen LogP contribution in [0.4, 0.5) is 0 Å². The molecular formula is C13H19NO3. The van der Waals surface area contributed by atoms with Gasteiger partial charge in [0.2, 0.25) is 0 Å². The van der Waals surface area contributed by atoms with E-state index in [0.717, 1.165) is 30.6 Å². The Kier molecular flexibility index (Phi) is 3.97. The smallest absolute Gasteiger partial charge is 0.164 e. The minimum atomic E-state index is 0.0357. The highest BCUT2D eigenvalue weighted by Crippen LogP contribution is 2.22. The summed E-state index contributed by atoms with van der Waals surface area (Å²) in [4.78, 5) is 11.7. The van der Waals surface area contributed by atoms with Crippen LogP contribution in [0.1, 0.15) is 28.9 Å². The highest BCUT2D eigenvalue weighted by molar-refractivity contribution is 5.98. The maximum atomic E-state index is 11.7. The molecule has 1 aliphatic carbocycles. The van der Waals surface area contributed by atoms with E-state index in [0.29, 0.717) is 13.0 Å². The number of aromatic nitrogens is 1. The van der Waals surface area contributed by atoms with Crippen LogP contribution in [-0.4, -0.2) is 37.3 Å². The molecule has 0 aromatic carbocycles.